The molecule has 2 aromatic carbocycles. The van der Waals surface area contributed by atoms with E-state index < -0.39 is 17.9 Å². The average Bonchev–Trinajstić information content (AvgIpc) is 2.78. The highest BCUT2D eigenvalue weighted by Crippen LogP contribution is 2.42. The van der Waals surface area contributed by atoms with Crippen molar-refractivity contribution in [1.29, 1.82) is 5.26 Å². The molecule has 0 bridgehead atoms. The maximum absolute atomic E-state index is 12.2. The minimum absolute atomic E-state index is 0.253. The number of fused-ring (bicyclic) bond motifs is 1. The number of aliphatic hydroxyl groups excluding tert-OH is 1. The van der Waals surface area contributed by atoms with Gasteiger partial charge in [-0.15, -0.1) is 0 Å². The van der Waals surface area contributed by atoms with Gasteiger partial charge < -0.3 is 25.2 Å². The molecule has 3 N–H and O–H groups in total. The smallest absolute Gasteiger partial charge is 0.407 e. The molecular formula is C26H32N4O5. The van der Waals surface area contributed by atoms with Crippen LogP contribution in [0.2, 0.25) is 0 Å². The molecule has 3 atom stereocenters. The van der Waals surface area contributed by atoms with Gasteiger partial charge in [0.15, 0.2) is 0 Å². The first-order valence-electron chi connectivity index (χ1n) is 11.5. The van der Waals surface area contributed by atoms with E-state index in [1.54, 1.807) is 45.0 Å². The standard InChI is InChI=1S/C26H32N4O5/c1-16-23(21-13-18(15-27)9-10-22(21)30(17(2)31)24(16)32)29-19-7-6-8-20(14-19)34-12-11-28-25(33)35-26(3,4)5/h6-10,13-14,16,23-24,29,32H,11-12H2,1-5H3,(H,28,33)/t16-,23-,24+/m1/s1. The number of rotatable bonds is 6. The van der Waals surface area contributed by atoms with Crippen molar-refractivity contribution in [2.45, 2.75) is 52.5 Å². The molecule has 1 aliphatic heterocycles. The molecule has 1 heterocycles. The Bertz CT molecular complexity index is 1120. The van der Waals surface area contributed by atoms with Gasteiger partial charge in [0, 0.05) is 24.6 Å². The van der Waals surface area contributed by atoms with Crippen LogP contribution in [0.4, 0.5) is 16.2 Å². The maximum atomic E-state index is 12.2. The van der Waals surface area contributed by atoms with E-state index in [0.29, 0.717) is 17.0 Å². The van der Waals surface area contributed by atoms with Gasteiger partial charge in [-0.05, 0) is 56.7 Å². The molecule has 0 spiro atoms. The van der Waals surface area contributed by atoms with Crippen LogP contribution in [0, 0.1) is 17.2 Å². The van der Waals surface area contributed by atoms with E-state index in [-0.39, 0.29) is 31.0 Å². The molecule has 0 aliphatic carbocycles. The van der Waals surface area contributed by atoms with E-state index in [4.69, 9.17) is 9.47 Å². The summed E-state index contributed by atoms with van der Waals surface area (Å²) in [4.78, 5) is 25.4. The fraction of sp³-hybridized carbons (Fsp3) is 0.423. The van der Waals surface area contributed by atoms with Crippen LogP contribution in [-0.2, 0) is 9.53 Å². The van der Waals surface area contributed by atoms with Crippen molar-refractivity contribution >= 4 is 23.4 Å². The molecule has 9 nitrogen and oxygen atoms in total. The van der Waals surface area contributed by atoms with Crippen molar-refractivity contribution in [3.05, 3.63) is 53.6 Å². The summed E-state index contributed by atoms with van der Waals surface area (Å²) in [6.45, 7) is 9.18. The Labute approximate surface area is 205 Å². The van der Waals surface area contributed by atoms with Gasteiger partial charge in [0.1, 0.15) is 24.2 Å². The Morgan fingerprint density at radius 1 is 1.20 bits per heavy atom. The third kappa shape index (κ3) is 6.43. The lowest BCUT2D eigenvalue weighted by molar-refractivity contribution is -0.119. The molecule has 35 heavy (non-hydrogen) atoms. The maximum Gasteiger partial charge on any atom is 0.407 e. The number of aliphatic hydroxyl groups is 1. The molecule has 2 aromatic rings. The van der Waals surface area contributed by atoms with Crippen molar-refractivity contribution in [3.63, 3.8) is 0 Å². The fourth-order valence-corrected chi connectivity index (χ4v) is 3.98. The second kappa shape index (κ2) is 10.7. The summed E-state index contributed by atoms with van der Waals surface area (Å²) in [6.07, 6.45) is -1.53. The third-order valence-corrected chi connectivity index (χ3v) is 5.55. The van der Waals surface area contributed by atoms with E-state index in [0.717, 1.165) is 11.3 Å². The monoisotopic (exact) mass is 480 g/mol. The molecule has 186 valence electrons. The summed E-state index contributed by atoms with van der Waals surface area (Å²) in [6, 6.07) is 14.2. The summed E-state index contributed by atoms with van der Waals surface area (Å²) in [5.74, 6) is -0.0338. The second-order valence-electron chi connectivity index (χ2n) is 9.47. The Kier molecular flexibility index (Phi) is 7.87. The molecule has 0 saturated heterocycles. The number of nitrogens with zero attached hydrogens (tertiary/aromatic N) is 2. The first-order chi connectivity index (χ1) is 16.5. The first-order valence-corrected chi connectivity index (χ1v) is 11.5. The van der Waals surface area contributed by atoms with E-state index in [9.17, 15) is 20.0 Å². The van der Waals surface area contributed by atoms with Crippen LogP contribution < -0.4 is 20.3 Å². The zero-order valence-corrected chi connectivity index (χ0v) is 20.7. The van der Waals surface area contributed by atoms with Crippen LogP contribution in [0.1, 0.15) is 51.8 Å². The van der Waals surface area contributed by atoms with Gasteiger partial charge in [0.05, 0.1) is 29.9 Å². The number of alkyl carbamates (subject to hydrolysis) is 1. The van der Waals surface area contributed by atoms with E-state index in [1.807, 2.05) is 25.1 Å². The van der Waals surface area contributed by atoms with Crippen LogP contribution in [0.5, 0.6) is 5.75 Å². The predicted octanol–water partition coefficient (Wildman–Crippen LogP) is 3.94. The van der Waals surface area contributed by atoms with Crippen LogP contribution >= 0.6 is 0 Å². The van der Waals surface area contributed by atoms with Crippen molar-refractivity contribution in [2.75, 3.05) is 23.4 Å². The molecule has 9 heteroatoms. The van der Waals surface area contributed by atoms with Crippen LogP contribution in [-0.4, -0.2) is 42.1 Å². The molecule has 0 fully saturated rings. The molecular weight excluding hydrogens is 448 g/mol. The molecule has 0 saturated carbocycles. The van der Waals surface area contributed by atoms with Gasteiger partial charge in [0.2, 0.25) is 5.91 Å². The largest absolute Gasteiger partial charge is 0.492 e. The first kappa shape index (κ1) is 25.8. The highest BCUT2D eigenvalue weighted by atomic mass is 16.6. The highest BCUT2D eigenvalue weighted by Gasteiger charge is 2.39. The molecule has 3 rings (SSSR count). The zero-order chi connectivity index (χ0) is 25.8. The number of anilines is 2. The average molecular weight is 481 g/mol. The van der Waals surface area contributed by atoms with E-state index in [1.165, 1.54) is 11.8 Å². The second-order valence-corrected chi connectivity index (χ2v) is 9.47. The van der Waals surface area contributed by atoms with Crippen molar-refractivity contribution in [3.8, 4) is 11.8 Å². The number of hydrogen-bond donors (Lipinski definition) is 3. The Morgan fingerprint density at radius 3 is 2.60 bits per heavy atom. The van der Waals surface area contributed by atoms with Gasteiger partial charge in [-0.2, -0.15) is 5.26 Å². The topological polar surface area (TPSA) is 124 Å². The van der Waals surface area contributed by atoms with Gasteiger partial charge >= 0.3 is 6.09 Å². The minimum Gasteiger partial charge on any atom is -0.492 e. The van der Waals surface area contributed by atoms with Gasteiger partial charge in [-0.1, -0.05) is 13.0 Å². The zero-order valence-electron chi connectivity index (χ0n) is 20.7. The van der Waals surface area contributed by atoms with Crippen LogP contribution in [0.15, 0.2) is 42.5 Å². The number of amides is 2. The van der Waals surface area contributed by atoms with Gasteiger partial charge in [-0.3, -0.25) is 9.69 Å². The number of nitrogens with one attached hydrogen (secondary N) is 2. The van der Waals surface area contributed by atoms with Crippen molar-refractivity contribution in [1.82, 2.24) is 5.32 Å². The van der Waals surface area contributed by atoms with Gasteiger partial charge in [0.25, 0.3) is 0 Å². The Morgan fingerprint density at radius 2 is 1.94 bits per heavy atom. The lowest BCUT2D eigenvalue weighted by Gasteiger charge is -2.43. The molecule has 0 unspecified atom stereocenters. The summed E-state index contributed by atoms with van der Waals surface area (Å²) in [5.41, 5.74) is 1.97. The quantitative estimate of drug-likeness (QED) is 0.535. The lowest BCUT2D eigenvalue weighted by atomic mass is 9.85. The molecule has 1 aliphatic rings. The van der Waals surface area contributed by atoms with Crippen LogP contribution in [0.25, 0.3) is 0 Å². The fourth-order valence-electron chi connectivity index (χ4n) is 3.98. The summed E-state index contributed by atoms with van der Waals surface area (Å²) in [7, 11) is 0. The van der Waals surface area contributed by atoms with E-state index >= 15 is 0 Å². The van der Waals surface area contributed by atoms with Crippen LogP contribution in [0.3, 0.4) is 0 Å². The summed E-state index contributed by atoms with van der Waals surface area (Å²) >= 11 is 0. The van der Waals surface area contributed by atoms with Gasteiger partial charge in [-0.25, -0.2) is 4.79 Å². The number of hydrogen-bond acceptors (Lipinski definition) is 7. The predicted molar refractivity (Wildman–Crippen MR) is 132 cm³/mol. The third-order valence-electron chi connectivity index (χ3n) is 5.55. The van der Waals surface area contributed by atoms with Crippen molar-refractivity contribution in [2.24, 2.45) is 5.92 Å². The lowest BCUT2D eigenvalue weighted by Crippen LogP contribution is -2.50. The number of benzene rings is 2. The molecule has 0 radical (unpaired) electrons. The van der Waals surface area contributed by atoms with E-state index in [2.05, 4.69) is 16.7 Å². The summed E-state index contributed by atoms with van der Waals surface area (Å²) in [5, 5.41) is 26.3. The number of ether oxygens (including phenoxy) is 2. The Hall–Kier alpha value is -3.77. The number of carbonyl (C=O) groups excluding carboxylic acids is 2. The highest BCUT2D eigenvalue weighted by molar-refractivity contribution is 5.93. The van der Waals surface area contributed by atoms with Crippen molar-refractivity contribution < 1.29 is 24.2 Å². The Balaban J connectivity index is 1.72. The molecule has 0 aromatic heterocycles. The minimum atomic E-state index is -1.02. The number of carbonyl (C=O) groups is 2. The number of nitriles is 1. The summed E-state index contributed by atoms with van der Waals surface area (Å²) < 4.78 is 11.0. The molecule has 2 amide bonds. The SMILES string of the molecule is CC(=O)N1c2ccc(C#N)cc2[C@H](Nc2cccc(OCCNC(=O)OC(C)(C)C)c2)[C@@H](C)[C@@H]1O. The normalized spacial score (nSPS) is 19.2.